The fourth-order valence-electron chi connectivity index (χ4n) is 2.33. The van der Waals surface area contributed by atoms with Crippen molar-refractivity contribution >= 4 is 17.2 Å². The molecule has 25 heavy (non-hydrogen) atoms. The van der Waals surface area contributed by atoms with Gasteiger partial charge in [0.2, 0.25) is 0 Å². The Morgan fingerprint density at radius 3 is 1.76 bits per heavy atom. The lowest BCUT2D eigenvalue weighted by atomic mass is 9.93. The average molecular weight is 380 g/mol. The first-order chi connectivity index (χ1) is 12.3. The van der Waals surface area contributed by atoms with Gasteiger partial charge in [0.05, 0.1) is 31.8 Å². The zero-order valence-electron chi connectivity index (χ0n) is 13.4. The molecule has 3 saturated heterocycles. The molecule has 2 aromatic carbocycles. The van der Waals surface area contributed by atoms with E-state index in [0.29, 0.717) is 37.9 Å². The topological polar surface area (TPSA) is 55.4 Å². The van der Waals surface area contributed by atoms with Crippen molar-refractivity contribution in [2.45, 2.75) is 0 Å². The Kier molecular flexibility index (Phi) is 5.47. The Morgan fingerprint density at radius 1 is 0.800 bits per heavy atom. The van der Waals surface area contributed by atoms with Gasteiger partial charge in [0.15, 0.2) is 0 Å². The summed E-state index contributed by atoms with van der Waals surface area (Å²) in [7, 11) is -2.77. The highest BCUT2D eigenvalue weighted by Gasteiger charge is 2.46. The van der Waals surface area contributed by atoms with Gasteiger partial charge in [-0.25, -0.2) is 0 Å². The van der Waals surface area contributed by atoms with Gasteiger partial charge in [-0.1, -0.05) is 36.4 Å². The summed E-state index contributed by atoms with van der Waals surface area (Å²) in [5.41, 5.74) is -0.308. The van der Waals surface area contributed by atoms with Gasteiger partial charge in [-0.3, -0.25) is 4.52 Å². The molecule has 2 bridgehead atoms. The summed E-state index contributed by atoms with van der Waals surface area (Å²) < 4.78 is 34.4. The van der Waals surface area contributed by atoms with Gasteiger partial charge >= 0.3 is 17.2 Å². The number of hydrogen-bond donors (Lipinski definition) is 0. The van der Waals surface area contributed by atoms with Crippen LogP contribution in [0.1, 0.15) is 0 Å². The number of benzene rings is 2. The van der Waals surface area contributed by atoms with Crippen molar-refractivity contribution < 1.29 is 27.1 Å². The molecule has 0 spiro atoms. The third-order valence-electron chi connectivity index (χ3n) is 3.75. The van der Waals surface area contributed by atoms with E-state index in [-0.39, 0.29) is 5.41 Å². The first-order valence-electron chi connectivity index (χ1n) is 7.89. The van der Waals surface area contributed by atoms with Crippen LogP contribution in [-0.2, 0) is 18.1 Å². The summed E-state index contributed by atoms with van der Waals surface area (Å²) in [4.78, 5) is 0. The van der Waals surface area contributed by atoms with Crippen molar-refractivity contribution in [2.75, 3.05) is 26.4 Å². The van der Waals surface area contributed by atoms with E-state index in [9.17, 15) is 0 Å². The molecule has 2 aromatic rings. The molecular weight excluding hydrogens is 362 g/mol. The maximum Gasteiger partial charge on any atom is 0.463 e. The van der Waals surface area contributed by atoms with Crippen LogP contribution in [0.4, 0.5) is 0 Å². The van der Waals surface area contributed by atoms with Crippen LogP contribution in [0.15, 0.2) is 60.7 Å². The summed E-state index contributed by atoms with van der Waals surface area (Å²) in [6.07, 6.45) is 0. The second kappa shape index (κ2) is 7.96. The summed E-state index contributed by atoms with van der Waals surface area (Å²) >= 11 is 0. The maximum atomic E-state index is 6.00. The largest absolute Gasteiger partial charge is 0.463 e. The molecular formula is C17H18O6P2. The molecule has 6 nitrogen and oxygen atoms in total. The van der Waals surface area contributed by atoms with Crippen molar-refractivity contribution in [1.29, 1.82) is 0 Å². The van der Waals surface area contributed by atoms with Crippen molar-refractivity contribution in [1.82, 2.24) is 0 Å². The second-order valence-electron chi connectivity index (χ2n) is 5.85. The minimum atomic E-state index is -1.62. The predicted molar refractivity (Wildman–Crippen MR) is 94.2 cm³/mol. The first kappa shape index (κ1) is 17.2. The summed E-state index contributed by atoms with van der Waals surface area (Å²) in [6.45, 7) is 2.08. The standard InChI is InChI=1S/C17H18O6P2/c1-3-7-15(8-4-1)22-25(23-16-9-5-2-6-10-16)21-14-17-11-18-24(19-12-17)20-13-17/h1-10H,11-14H2. The van der Waals surface area contributed by atoms with Gasteiger partial charge in [-0.05, 0) is 24.3 Å². The lowest BCUT2D eigenvalue weighted by Gasteiger charge is -2.43. The molecule has 0 N–H and O–H groups in total. The van der Waals surface area contributed by atoms with E-state index in [1.165, 1.54) is 0 Å². The van der Waals surface area contributed by atoms with Gasteiger partial charge in [0.1, 0.15) is 11.5 Å². The van der Waals surface area contributed by atoms with Crippen LogP contribution < -0.4 is 9.05 Å². The van der Waals surface area contributed by atoms with Crippen molar-refractivity contribution in [3.63, 3.8) is 0 Å². The predicted octanol–water partition coefficient (Wildman–Crippen LogP) is 4.68. The molecule has 132 valence electrons. The zero-order chi connectivity index (χ0) is 17.0. The minimum Gasteiger partial charge on any atom is -0.418 e. The van der Waals surface area contributed by atoms with Crippen LogP contribution in [0.25, 0.3) is 0 Å². The normalized spacial score (nSPS) is 25.1. The highest BCUT2D eigenvalue weighted by atomic mass is 31.2. The average Bonchev–Trinajstić information content (AvgIpc) is 2.69. The van der Waals surface area contributed by atoms with Crippen molar-refractivity contribution in [2.24, 2.45) is 5.41 Å². The van der Waals surface area contributed by atoms with Crippen LogP contribution in [-0.4, -0.2) is 26.4 Å². The number of para-hydroxylation sites is 2. The lowest BCUT2D eigenvalue weighted by Crippen LogP contribution is -2.46. The van der Waals surface area contributed by atoms with E-state index in [2.05, 4.69) is 0 Å². The Labute approximate surface area is 149 Å². The first-order valence-corrected chi connectivity index (χ1v) is 10.1. The molecule has 0 saturated carbocycles. The Bertz CT molecular complexity index is 608. The molecule has 3 aliphatic heterocycles. The second-order valence-corrected chi connectivity index (χ2v) is 8.14. The van der Waals surface area contributed by atoms with Gasteiger partial charge in [0.25, 0.3) is 0 Å². The summed E-state index contributed by atoms with van der Waals surface area (Å²) in [5, 5.41) is 0. The number of rotatable bonds is 7. The van der Waals surface area contributed by atoms with Crippen LogP contribution >= 0.6 is 17.2 Å². The molecule has 0 unspecified atom stereocenters. The molecule has 0 radical (unpaired) electrons. The van der Waals surface area contributed by atoms with Gasteiger partial charge in [-0.15, -0.1) is 0 Å². The highest BCUT2D eigenvalue weighted by molar-refractivity contribution is 7.42. The molecule has 0 amide bonds. The molecule has 0 atom stereocenters. The van der Waals surface area contributed by atoms with Crippen molar-refractivity contribution in [3.05, 3.63) is 60.7 Å². The monoisotopic (exact) mass is 380 g/mol. The minimum absolute atomic E-state index is 0.308. The number of fused-ring (bicyclic) bond motifs is 3. The van der Waals surface area contributed by atoms with E-state index >= 15 is 0 Å². The zero-order valence-corrected chi connectivity index (χ0v) is 15.2. The SMILES string of the molecule is c1ccc(OP(OCC23COP(OC2)OC3)Oc2ccccc2)cc1. The molecule has 8 heteroatoms. The van der Waals surface area contributed by atoms with E-state index in [4.69, 9.17) is 27.1 Å². The van der Waals surface area contributed by atoms with E-state index in [1.54, 1.807) is 0 Å². The van der Waals surface area contributed by atoms with E-state index < -0.39 is 17.2 Å². The third kappa shape index (κ3) is 4.48. The highest BCUT2D eigenvalue weighted by Crippen LogP contribution is 2.54. The summed E-state index contributed by atoms with van der Waals surface area (Å²) in [5.74, 6) is 1.39. The fraction of sp³-hybridized carbons (Fsp3) is 0.294. The number of hydrogen-bond acceptors (Lipinski definition) is 6. The van der Waals surface area contributed by atoms with Crippen molar-refractivity contribution in [3.8, 4) is 11.5 Å². The fourth-order valence-corrected chi connectivity index (χ4v) is 4.80. The van der Waals surface area contributed by atoms with E-state index in [0.717, 1.165) is 0 Å². The quantitative estimate of drug-likeness (QED) is 0.651. The molecule has 3 aliphatic rings. The molecule has 3 heterocycles. The molecule has 5 rings (SSSR count). The smallest absolute Gasteiger partial charge is 0.418 e. The lowest BCUT2D eigenvalue weighted by molar-refractivity contribution is -0.0925. The van der Waals surface area contributed by atoms with Crippen LogP contribution in [0.2, 0.25) is 0 Å². The molecule has 0 aliphatic carbocycles. The Morgan fingerprint density at radius 2 is 1.28 bits per heavy atom. The van der Waals surface area contributed by atoms with E-state index in [1.807, 2.05) is 60.7 Å². The van der Waals surface area contributed by atoms with Gasteiger partial charge in [-0.2, -0.15) is 0 Å². The molecule has 3 fully saturated rings. The van der Waals surface area contributed by atoms with Gasteiger partial charge < -0.3 is 22.6 Å². The summed E-state index contributed by atoms with van der Waals surface area (Å²) in [6, 6.07) is 19.0. The van der Waals surface area contributed by atoms with Crippen LogP contribution in [0.5, 0.6) is 11.5 Å². The van der Waals surface area contributed by atoms with Gasteiger partial charge in [0, 0.05) is 0 Å². The Balaban J connectivity index is 1.43. The Hall–Kier alpha value is -1.26. The maximum absolute atomic E-state index is 6.00. The molecule has 0 aromatic heterocycles. The third-order valence-corrected chi connectivity index (χ3v) is 5.83. The van der Waals surface area contributed by atoms with Crippen LogP contribution in [0, 0.1) is 5.41 Å². The van der Waals surface area contributed by atoms with Crippen LogP contribution in [0.3, 0.4) is 0 Å².